The van der Waals surface area contributed by atoms with Crippen LogP contribution in [0.3, 0.4) is 0 Å². The van der Waals surface area contributed by atoms with Crippen LogP contribution in [-0.4, -0.2) is 56.5 Å². The van der Waals surface area contributed by atoms with Crippen LogP contribution in [0.15, 0.2) is 29.4 Å². The summed E-state index contributed by atoms with van der Waals surface area (Å²) in [5.74, 6) is 0.597. The summed E-state index contributed by atoms with van der Waals surface area (Å²) in [4.78, 5) is 23.7. The van der Waals surface area contributed by atoms with Crippen molar-refractivity contribution in [1.82, 2.24) is 10.3 Å². The molecule has 0 saturated carbocycles. The summed E-state index contributed by atoms with van der Waals surface area (Å²) >= 11 is 0. The molecule has 7 heteroatoms. The smallest absolute Gasteiger partial charge is 0.243 e. The van der Waals surface area contributed by atoms with E-state index in [0.29, 0.717) is 26.0 Å². The maximum absolute atomic E-state index is 12.0. The predicted molar refractivity (Wildman–Crippen MR) is 90.0 cm³/mol. The minimum Gasteiger partial charge on any atom is -0.497 e. The standard InChI is InChI=1S/C17H23N3O4/c1-23-12-10-18-16(21)9-11-20-17(22)8-7-15(19-20)13-3-5-14(24-2)6-4-13/h3-6H,7-12H2,1-2H3,(H,18,21). The third-order valence-corrected chi connectivity index (χ3v) is 3.71. The first-order valence-corrected chi connectivity index (χ1v) is 7.92. The fourth-order valence-corrected chi connectivity index (χ4v) is 2.35. The Balaban J connectivity index is 1.95. The molecule has 1 aromatic rings. The van der Waals surface area contributed by atoms with Crippen molar-refractivity contribution in [3.63, 3.8) is 0 Å². The molecule has 1 N–H and O–H groups in total. The molecule has 2 amide bonds. The van der Waals surface area contributed by atoms with E-state index < -0.39 is 0 Å². The second kappa shape index (κ2) is 9.02. The highest BCUT2D eigenvalue weighted by atomic mass is 16.5. The fraction of sp³-hybridized carbons (Fsp3) is 0.471. The van der Waals surface area contributed by atoms with E-state index in [4.69, 9.17) is 9.47 Å². The molecule has 0 aromatic heterocycles. The van der Waals surface area contributed by atoms with E-state index in [1.807, 2.05) is 24.3 Å². The van der Waals surface area contributed by atoms with Crippen LogP contribution in [-0.2, 0) is 14.3 Å². The zero-order valence-corrected chi connectivity index (χ0v) is 14.1. The number of hydrazone groups is 1. The zero-order chi connectivity index (χ0) is 17.4. The zero-order valence-electron chi connectivity index (χ0n) is 14.1. The van der Waals surface area contributed by atoms with Crippen LogP contribution >= 0.6 is 0 Å². The van der Waals surface area contributed by atoms with E-state index in [1.54, 1.807) is 14.2 Å². The van der Waals surface area contributed by atoms with Gasteiger partial charge in [0.05, 0.1) is 26.0 Å². The average molecular weight is 333 g/mol. The monoisotopic (exact) mass is 333 g/mol. The molecule has 0 bridgehead atoms. The fourth-order valence-electron chi connectivity index (χ4n) is 2.35. The van der Waals surface area contributed by atoms with Crippen molar-refractivity contribution < 1.29 is 19.1 Å². The highest BCUT2D eigenvalue weighted by molar-refractivity contribution is 6.04. The first-order valence-electron chi connectivity index (χ1n) is 7.92. The maximum Gasteiger partial charge on any atom is 0.243 e. The van der Waals surface area contributed by atoms with E-state index in [-0.39, 0.29) is 24.8 Å². The number of ether oxygens (including phenoxy) is 2. The SMILES string of the molecule is COCCNC(=O)CCN1N=C(c2ccc(OC)cc2)CCC1=O. The number of nitrogens with one attached hydrogen (secondary N) is 1. The number of hydrogen-bond acceptors (Lipinski definition) is 5. The van der Waals surface area contributed by atoms with Gasteiger partial charge in [-0.2, -0.15) is 5.10 Å². The normalized spacial score (nSPS) is 14.3. The van der Waals surface area contributed by atoms with Crippen LogP contribution in [0.5, 0.6) is 5.75 Å². The topological polar surface area (TPSA) is 80.2 Å². The second-order valence-corrected chi connectivity index (χ2v) is 5.38. The molecule has 1 aliphatic rings. The quantitative estimate of drug-likeness (QED) is 0.724. The summed E-state index contributed by atoms with van der Waals surface area (Å²) in [5, 5.41) is 8.53. The molecule has 0 radical (unpaired) electrons. The van der Waals surface area contributed by atoms with Gasteiger partial charge < -0.3 is 14.8 Å². The molecule has 2 rings (SSSR count). The van der Waals surface area contributed by atoms with Crippen molar-refractivity contribution in [2.45, 2.75) is 19.3 Å². The summed E-state index contributed by atoms with van der Waals surface area (Å²) in [6.45, 7) is 1.20. The molecule has 24 heavy (non-hydrogen) atoms. The number of rotatable bonds is 8. The number of benzene rings is 1. The van der Waals surface area contributed by atoms with Gasteiger partial charge in [-0.15, -0.1) is 0 Å². The molecule has 0 fully saturated rings. The number of carbonyl (C=O) groups is 2. The number of amides is 2. The van der Waals surface area contributed by atoms with Crippen LogP contribution in [0, 0.1) is 0 Å². The summed E-state index contributed by atoms with van der Waals surface area (Å²) in [6.07, 6.45) is 1.21. The largest absolute Gasteiger partial charge is 0.497 e. The lowest BCUT2D eigenvalue weighted by Gasteiger charge is -2.23. The Morgan fingerprint density at radius 1 is 1.25 bits per heavy atom. The van der Waals surface area contributed by atoms with Gasteiger partial charge in [0, 0.05) is 32.9 Å². The highest BCUT2D eigenvalue weighted by Crippen LogP contribution is 2.18. The molecular formula is C17H23N3O4. The summed E-state index contributed by atoms with van der Waals surface area (Å²) < 4.78 is 10.0. The Bertz CT molecular complexity index is 598. The Hall–Kier alpha value is -2.41. The van der Waals surface area contributed by atoms with Crippen LogP contribution < -0.4 is 10.1 Å². The van der Waals surface area contributed by atoms with Crippen molar-refractivity contribution in [1.29, 1.82) is 0 Å². The van der Waals surface area contributed by atoms with E-state index in [0.717, 1.165) is 17.0 Å². The Morgan fingerprint density at radius 2 is 2.00 bits per heavy atom. The summed E-state index contributed by atoms with van der Waals surface area (Å²) in [5.41, 5.74) is 1.80. The Kier molecular flexibility index (Phi) is 6.74. The lowest BCUT2D eigenvalue weighted by Crippen LogP contribution is -2.36. The average Bonchev–Trinajstić information content (AvgIpc) is 2.61. The van der Waals surface area contributed by atoms with Crippen LogP contribution in [0.4, 0.5) is 0 Å². The third-order valence-electron chi connectivity index (χ3n) is 3.71. The van der Waals surface area contributed by atoms with Gasteiger partial charge in [0.15, 0.2) is 0 Å². The van der Waals surface area contributed by atoms with Crippen molar-refractivity contribution in [3.05, 3.63) is 29.8 Å². The Labute approximate surface area is 141 Å². The van der Waals surface area contributed by atoms with Crippen LogP contribution in [0.1, 0.15) is 24.8 Å². The van der Waals surface area contributed by atoms with Gasteiger partial charge in [-0.25, -0.2) is 5.01 Å². The minimum absolute atomic E-state index is 0.0584. The number of methoxy groups -OCH3 is 2. The first kappa shape index (κ1) is 17.9. The van der Waals surface area contributed by atoms with Gasteiger partial charge in [-0.1, -0.05) is 0 Å². The van der Waals surface area contributed by atoms with E-state index in [2.05, 4.69) is 10.4 Å². The summed E-state index contributed by atoms with van der Waals surface area (Å²) in [6, 6.07) is 7.57. The molecule has 0 spiro atoms. The van der Waals surface area contributed by atoms with Gasteiger partial charge in [0.25, 0.3) is 0 Å². The molecule has 0 saturated heterocycles. The lowest BCUT2D eigenvalue weighted by atomic mass is 10.0. The minimum atomic E-state index is -0.119. The van der Waals surface area contributed by atoms with Crippen molar-refractivity contribution in [3.8, 4) is 5.75 Å². The van der Waals surface area contributed by atoms with Gasteiger partial charge in [-0.3, -0.25) is 9.59 Å². The van der Waals surface area contributed by atoms with Crippen molar-refractivity contribution in [2.75, 3.05) is 33.9 Å². The number of nitrogens with zero attached hydrogens (tertiary/aromatic N) is 2. The molecular weight excluding hydrogens is 310 g/mol. The molecule has 1 aromatic carbocycles. The highest BCUT2D eigenvalue weighted by Gasteiger charge is 2.21. The Morgan fingerprint density at radius 3 is 2.67 bits per heavy atom. The van der Waals surface area contributed by atoms with Crippen LogP contribution in [0.25, 0.3) is 0 Å². The second-order valence-electron chi connectivity index (χ2n) is 5.38. The molecule has 1 aliphatic heterocycles. The first-order chi connectivity index (χ1) is 11.6. The van der Waals surface area contributed by atoms with E-state index in [9.17, 15) is 9.59 Å². The number of hydrogen-bond donors (Lipinski definition) is 1. The van der Waals surface area contributed by atoms with Gasteiger partial charge >= 0.3 is 0 Å². The molecule has 0 aliphatic carbocycles. The molecule has 1 heterocycles. The molecule has 0 atom stereocenters. The number of carbonyl (C=O) groups excluding carboxylic acids is 2. The molecule has 7 nitrogen and oxygen atoms in total. The maximum atomic E-state index is 12.0. The third kappa shape index (κ3) is 5.06. The summed E-state index contributed by atoms with van der Waals surface area (Å²) in [7, 11) is 3.19. The van der Waals surface area contributed by atoms with Gasteiger partial charge in [0.1, 0.15) is 5.75 Å². The van der Waals surface area contributed by atoms with Crippen molar-refractivity contribution >= 4 is 17.5 Å². The van der Waals surface area contributed by atoms with Crippen LogP contribution in [0.2, 0.25) is 0 Å². The molecule has 0 unspecified atom stereocenters. The van der Waals surface area contributed by atoms with Gasteiger partial charge in [0.2, 0.25) is 11.8 Å². The van der Waals surface area contributed by atoms with E-state index in [1.165, 1.54) is 5.01 Å². The van der Waals surface area contributed by atoms with E-state index >= 15 is 0 Å². The van der Waals surface area contributed by atoms with Crippen molar-refractivity contribution in [2.24, 2.45) is 5.10 Å². The molecule has 130 valence electrons. The predicted octanol–water partition coefficient (Wildman–Crippen LogP) is 1.17. The lowest BCUT2D eigenvalue weighted by molar-refractivity contribution is -0.132. The van der Waals surface area contributed by atoms with Gasteiger partial charge in [-0.05, 0) is 29.8 Å².